The molecule has 2 aromatic rings. The van der Waals surface area contributed by atoms with Crippen LogP contribution in [0.3, 0.4) is 0 Å². The summed E-state index contributed by atoms with van der Waals surface area (Å²) in [4.78, 5) is 19.9. The fourth-order valence-corrected chi connectivity index (χ4v) is 2.64. The molecule has 0 aliphatic carbocycles. The number of para-hydroxylation sites is 1. The Morgan fingerprint density at radius 3 is 2.79 bits per heavy atom. The Morgan fingerprint density at radius 1 is 1.37 bits per heavy atom. The number of likely N-dealkylation sites (N-methyl/N-ethyl adjacent to an activating group) is 2. The van der Waals surface area contributed by atoms with Crippen LogP contribution in [0.15, 0.2) is 24.3 Å². The number of hydrogen-bond acceptors (Lipinski definition) is 5. The van der Waals surface area contributed by atoms with E-state index in [9.17, 15) is 4.79 Å². The number of amides is 1. The molecule has 0 saturated carbocycles. The van der Waals surface area contributed by atoms with Gasteiger partial charge in [0.1, 0.15) is 0 Å². The van der Waals surface area contributed by atoms with Crippen molar-refractivity contribution in [3.63, 3.8) is 0 Å². The van der Waals surface area contributed by atoms with Crippen molar-refractivity contribution in [3.05, 3.63) is 24.3 Å². The van der Waals surface area contributed by atoms with Crippen LogP contribution in [-0.4, -0.2) is 54.7 Å². The normalized spacial score (nSPS) is 11.2. The number of aliphatic hydroxyl groups is 1. The fraction of sp³-hybridized carbons (Fsp3) is 0.385. The Morgan fingerprint density at radius 2 is 2.11 bits per heavy atom. The number of anilines is 1. The minimum Gasteiger partial charge on any atom is -0.395 e. The predicted octanol–water partition coefficient (Wildman–Crippen LogP) is 1.18. The first kappa shape index (κ1) is 13.9. The van der Waals surface area contributed by atoms with Gasteiger partial charge in [-0.1, -0.05) is 23.5 Å². The molecule has 0 bridgehead atoms. The van der Waals surface area contributed by atoms with Crippen molar-refractivity contribution in [1.29, 1.82) is 0 Å². The summed E-state index contributed by atoms with van der Waals surface area (Å²) in [6.07, 6.45) is 0. The van der Waals surface area contributed by atoms with Gasteiger partial charge in [0, 0.05) is 13.6 Å². The van der Waals surface area contributed by atoms with E-state index in [-0.39, 0.29) is 19.1 Å². The average molecular weight is 279 g/mol. The topological polar surface area (TPSA) is 56.7 Å². The highest BCUT2D eigenvalue weighted by Crippen LogP contribution is 2.27. The molecule has 6 heteroatoms. The second kappa shape index (κ2) is 6.10. The summed E-state index contributed by atoms with van der Waals surface area (Å²) in [5, 5.41) is 9.52. The van der Waals surface area contributed by atoms with E-state index in [1.54, 1.807) is 23.9 Å². The molecule has 0 atom stereocenters. The van der Waals surface area contributed by atoms with E-state index >= 15 is 0 Å². The van der Waals surface area contributed by atoms with Crippen molar-refractivity contribution >= 4 is 32.6 Å². The minimum atomic E-state index is -0.0324. The lowest BCUT2D eigenvalue weighted by atomic mass is 10.3. The second-order valence-corrected chi connectivity index (χ2v) is 5.39. The number of carbonyl (C=O) groups excluding carboxylic acids is 1. The summed E-state index contributed by atoms with van der Waals surface area (Å²) >= 11 is 1.50. The van der Waals surface area contributed by atoms with Gasteiger partial charge in [-0.15, -0.1) is 0 Å². The summed E-state index contributed by atoms with van der Waals surface area (Å²) < 4.78 is 1.07. The molecular formula is C13H17N3O2S. The van der Waals surface area contributed by atoms with Gasteiger partial charge in [0.25, 0.3) is 0 Å². The molecule has 1 aromatic carbocycles. The van der Waals surface area contributed by atoms with Gasteiger partial charge in [0.2, 0.25) is 5.91 Å². The molecule has 19 heavy (non-hydrogen) atoms. The predicted molar refractivity (Wildman–Crippen MR) is 77.6 cm³/mol. The van der Waals surface area contributed by atoms with Gasteiger partial charge in [-0.25, -0.2) is 4.98 Å². The van der Waals surface area contributed by atoms with Crippen molar-refractivity contribution in [1.82, 2.24) is 9.88 Å². The number of benzene rings is 1. The van der Waals surface area contributed by atoms with Crippen molar-refractivity contribution in [2.45, 2.75) is 0 Å². The third-order valence-electron chi connectivity index (χ3n) is 2.83. The maximum Gasteiger partial charge on any atom is 0.242 e. The van der Waals surface area contributed by atoms with Gasteiger partial charge in [0.05, 0.1) is 23.4 Å². The lowest BCUT2D eigenvalue weighted by Crippen LogP contribution is -2.37. The first-order valence-corrected chi connectivity index (χ1v) is 6.85. The van der Waals surface area contributed by atoms with Crippen LogP contribution in [0.1, 0.15) is 0 Å². The maximum atomic E-state index is 12.1. The highest BCUT2D eigenvalue weighted by molar-refractivity contribution is 7.22. The average Bonchev–Trinajstić information content (AvgIpc) is 2.81. The van der Waals surface area contributed by atoms with Crippen LogP contribution in [0.2, 0.25) is 0 Å². The number of rotatable bonds is 5. The molecule has 1 heterocycles. The highest BCUT2D eigenvalue weighted by atomic mass is 32.1. The largest absolute Gasteiger partial charge is 0.395 e. The summed E-state index contributed by atoms with van der Waals surface area (Å²) in [5.74, 6) is -0.0324. The molecule has 0 saturated heterocycles. The Hall–Kier alpha value is -1.50. The molecule has 0 radical (unpaired) electrons. The first-order chi connectivity index (χ1) is 9.11. The van der Waals surface area contributed by atoms with Crippen molar-refractivity contribution < 1.29 is 9.90 Å². The maximum absolute atomic E-state index is 12.1. The second-order valence-electron chi connectivity index (χ2n) is 4.38. The van der Waals surface area contributed by atoms with E-state index in [2.05, 4.69) is 4.98 Å². The Labute approximate surface area is 116 Å². The van der Waals surface area contributed by atoms with Crippen LogP contribution >= 0.6 is 11.3 Å². The molecule has 0 spiro atoms. The van der Waals surface area contributed by atoms with Crippen molar-refractivity contribution in [2.75, 3.05) is 38.7 Å². The smallest absolute Gasteiger partial charge is 0.242 e. The number of carbonyl (C=O) groups is 1. The SMILES string of the molecule is CN(CCO)CC(=O)N(C)c1nc2ccccc2s1. The summed E-state index contributed by atoms with van der Waals surface area (Å²) in [5.41, 5.74) is 0.908. The van der Waals surface area contributed by atoms with Crippen LogP contribution in [0.4, 0.5) is 5.13 Å². The lowest BCUT2D eigenvalue weighted by molar-refractivity contribution is -0.119. The highest BCUT2D eigenvalue weighted by Gasteiger charge is 2.16. The third kappa shape index (κ3) is 3.28. The number of aliphatic hydroxyl groups excluding tert-OH is 1. The fourth-order valence-electron chi connectivity index (χ4n) is 1.70. The van der Waals surface area contributed by atoms with Crippen LogP contribution < -0.4 is 4.90 Å². The van der Waals surface area contributed by atoms with Gasteiger partial charge in [0.15, 0.2) is 5.13 Å². The molecule has 1 aromatic heterocycles. The summed E-state index contributed by atoms with van der Waals surface area (Å²) in [7, 11) is 3.53. The summed E-state index contributed by atoms with van der Waals surface area (Å²) in [6.45, 7) is 0.807. The van der Waals surface area contributed by atoms with E-state index < -0.39 is 0 Å². The number of fused-ring (bicyclic) bond motifs is 1. The van der Waals surface area contributed by atoms with Crippen LogP contribution in [0, 0.1) is 0 Å². The van der Waals surface area contributed by atoms with Crippen molar-refractivity contribution in [3.8, 4) is 0 Å². The Kier molecular flexibility index (Phi) is 4.47. The molecule has 1 N–H and O–H groups in total. The van der Waals surface area contributed by atoms with Crippen LogP contribution in [0.5, 0.6) is 0 Å². The van der Waals surface area contributed by atoms with Crippen LogP contribution in [-0.2, 0) is 4.79 Å². The molecule has 1 amide bonds. The summed E-state index contributed by atoms with van der Waals surface area (Å²) in [6, 6.07) is 7.82. The van der Waals surface area contributed by atoms with E-state index in [0.717, 1.165) is 10.2 Å². The lowest BCUT2D eigenvalue weighted by Gasteiger charge is -2.19. The third-order valence-corrected chi connectivity index (χ3v) is 3.94. The molecule has 102 valence electrons. The standard InChI is InChI=1S/C13H17N3O2S/c1-15(7-8-17)9-12(18)16(2)13-14-10-5-3-4-6-11(10)19-13/h3-6,17H,7-9H2,1-2H3. The van der Waals surface area contributed by atoms with Crippen molar-refractivity contribution in [2.24, 2.45) is 0 Å². The van der Waals surface area contributed by atoms with Gasteiger partial charge in [-0.2, -0.15) is 0 Å². The number of hydrogen-bond donors (Lipinski definition) is 1. The number of thiazole rings is 1. The molecule has 5 nitrogen and oxygen atoms in total. The molecule has 0 aliphatic heterocycles. The van der Waals surface area contributed by atoms with Gasteiger partial charge >= 0.3 is 0 Å². The molecule has 0 unspecified atom stereocenters. The molecule has 2 rings (SSSR count). The van der Waals surface area contributed by atoms with Gasteiger partial charge < -0.3 is 5.11 Å². The number of nitrogens with zero attached hydrogens (tertiary/aromatic N) is 3. The van der Waals surface area contributed by atoms with Gasteiger partial charge in [-0.3, -0.25) is 14.6 Å². The first-order valence-electron chi connectivity index (χ1n) is 6.03. The Bertz CT molecular complexity index is 537. The van der Waals surface area contributed by atoms with Gasteiger partial charge in [-0.05, 0) is 19.2 Å². The quantitative estimate of drug-likeness (QED) is 0.893. The molecule has 0 aliphatic rings. The molecular weight excluding hydrogens is 262 g/mol. The monoisotopic (exact) mass is 279 g/mol. The van der Waals surface area contributed by atoms with E-state index in [4.69, 9.17) is 5.11 Å². The number of aromatic nitrogens is 1. The van der Waals surface area contributed by atoms with E-state index in [0.29, 0.717) is 11.7 Å². The van der Waals surface area contributed by atoms with E-state index in [1.807, 2.05) is 24.3 Å². The Balaban J connectivity index is 2.10. The minimum absolute atomic E-state index is 0.0324. The van der Waals surface area contributed by atoms with E-state index in [1.165, 1.54) is 11.3 Å². The molecule has 0 fully saturated rings. The zero-order chi connectivity index (χ0) is 13.8. The zero-order valence-corrected chi connectivity index (χ0v) is 11.9. The zero-order valence-electron chi connectivity index (χ0n) is 11.0. The van der Waals surface area contributed by atoms with Crippen LogP contribution in [0.25, 0.3) is 10.2 Å².